The third-order valence-corrected chi connectivity index (χ3v) is 3.36. The third kappa shape index (κ3) is 6.32. The van der Waals surface area contributed by atoms with E-state index in [1.807, 2.05) is 0 Å². The molecule has 0 amide bonds. The fourth-order valence-electron chi connectivity index (χ4n) is 2.20. The van der Waals surface area contributed by atoms with E-state index in [9.17, 15) is 23.1 Å². The van der Waals surface area contributed by atoms with Crippen molar-refractivity contribution in [2.75, 3.05) is 0 Å². The van der Waals surface area contributed by atoms with E-state index in [-0.39, 0.29) is 36.3 Å². The second-order valence-corrected chi connectivity index (χ2v) is 6.68. The molecule has 0 atom stereocenters. The normalized spacial score (nSPS) is 13.4. The van der Waals surface area contributed by atoms with Crippen molar-refractivity contribution in [3.05, 3.63) is 40.6 Å². The number of ether oxygens (including phenoxy) is 1. The lowest BCUT2D eigenvalue weighted by Crippen LogP contribution is -2.24. The van der Waals surface area contributed by atoms with Crippen LogP contribution in [0.4, 0.5) is 13.2 Å². The van der Waals surface area contributed by atoms with Crippen LogP contribution in [0.2, 0.25) is 0 Å². The molecule has 0 aromatic heterocycles. The number of aliphatic hydroxyl groups excluding tert-OH is 1. The number of rotatable bonds is 5. The second kappa shape index (κ2) is 7.80. The van der Waals surface area contributed by atoms with E-state index >= 15 is 0 Å². The van der Waals surface area contributed by atoms with Gasteiger partial charge in [0.1, 0.15) is 11.4 Å². The van der Waals surface area contributed by atoms with Crippen LogP contribution in [0.1, 0.15) is 57.2 Å². The van der Waals surface area contributed by atoms with Gasteiger partial charge in [0.05, 0.1) is 11.3 Å². The molecule has 0 aliphatic carbocycles. The molecule has 1 aromatic rings. The molecular formula is C18H24F3NO3. The molecule has 0 aliphatic rings. The van der Waals surface area contributed by atoms with Gasteiger partial charge in [0.15, 0.2) is 0 Å². The van der Waals surface area contributed by atoms with Crippen molar-refractivity contribution in [3.8, 4) is 0 Å². The van der Waals surface area contributed by atoms with E-state index in [4.69, 9.17) is 10.5 Å². The van der Waals surface area contributed by atoms with Gasteiger partial charge in [-0.1, -0.05) is 19.1 Å². The molecule has 3 N–H and O–H groups in total. The Kier molecular flexibility index (Phi) is 6.51. The van der Waals surface area contributed by atoms with Crippen LogP contribution in [0.3, 0.4) is 0 Å². The zero-order chi connectivity index (χ0) is 19.4. The van der Waals surface area contributed by atoms with Gasteiger partial charge in [-0.05, 0) is 38.8 Å². The highest BCUT2D eigenvalue weighted by molar-refractivity contribution is 5.71. The molecule has 0 saturated carbocycles. The monoisotopic (exact) mass is 359 g/mol. The summed E-state index contributed by atoms with van der Waals surface area (Å²) in [5.74, 6) is -0.778. The molecule has 0 spiro atoms. The van der Waals surface area contributed by atoms with Gasteiger partial charge in [0.2, 0.25) is 0 Å². The van der Waals surface area contributed by atoms with Gasteiger partial charge in [-0.2, -0.15) is 13.2 Å². The van der Waals surface area contributed by atoms with Gasteiger partial charge in [0.25, 0.3) is 0 Å². The Labute approximate surface area is 145 Å². The number of benzene rings is 1. The SMILES string of the molecule is CC/C(O)=C(/N)c1ccc(CCC(=O)OC(C)(C)C)cc1C(F)(F)F. The maximum atomic E-state index is 13.3. The number of aryl methyl sites for hydroxylation is 1. The first-order valence-electron chi connectivity index (χ1n) is 7.95. The number of hydrogen-bond donors (Lipinski definition) is 2. The molecule has 25 heavy (non-hydrogen) atoms. The lowest BCUT2D eigenvalue weighted by molar-refractivity contribution is -0.154. The molecule has 0 saturated heterocycles. The van der Waals surface area contributed by atoms with Crippen LogP contribution in [0.15, 0.2) is 24.0 Å². The summed E-state index contributed by atoms with van der Waals surface area (Å²) in [7, 11) is 0. The average Bonchev–Trinajstić information content (AvgIpc) is 2.48. The number of aliphatic hydroxyl groups is 1. The maximum Gasteiger partial charge on any atom is 0.417 e. The highest BCUT2D eigenvalue weighted by atomic mass is 19.4. The zero-order valence-electron chi connectivity index (χ0n) is 14.8. The minimum Gasteiger partial charge on any atom is -0.510 e. The molecule has 0 fully saturated rings. The number of carbonyl (C=O) groups excluding carboxylic acids is 1. The molecule has 4 nitrogen and oxygen atoms in total. The van der Waals surface area contributed by atoms with Gasteiger partial charge in [-0.15, -0.1) is 0 Å². The summed E-state index contributed by atoms with van der Waals surface area (Å²) in [4.78, 5) is 11.7. The molecule has 140 valence electrons. The third-order valence-electron chi connectivity index (χ3n) is 3.36. The van der Waals surface area contributed by atoms with Gasteiger partial charge in [0, 0.05) is 18.4 Å². The Morgan fingerprint density at radius 3 is 2.32 bits per heavy atom. The van der Waals surface area contributed by atoms with Gasteiger partial charge in [-0.25, -0.2) is 0 Å². The Balaban J connectivity index is 3.09. The van der Waals surface area contributed by atoms with E-state index < -0.39 is 23.3 Å². The summed E-state index contributed by atoms with van der Waals surface area (Å²) in [6, 6.07) is 3.63. The van der Waals surface area contributed by atoms with E-state index in [0.29, 0.717) is 5.56 Å². The lowest BCUT2D eigenvalue weighted by Gasteiger charge is -2.19. The quantitative estimate of drug-likeness (QED) is 0.596. The van der Waals surface area contributed by atoms with Gasteiger partial charge >= 0.3 is 12.1 Å². The number of alkyl halides is 3. The lowest BCUT2D eigenvalue weighted by atomic mass is 9.98. The highest BCUT2D eigenvalue weighted by Crippen LogP contribution is 2.35. The van der Waals surface area contributed by atoms with E-state index in [2.05, 4.69) is 0 Å². The molecule has 0 aliphatic heterocycles. The van der Waals surface area contributed by atoms with Crippen LogP contribution in [0.25, 0.3) is 5.70 Å². The van der Waals surface area contributed by atoms with Crippen molar-refractivity contribution in [3.63, 3.8) is 0 Å². The average molecular weight is 359 g/mol. The largest absolute Gasteiger partial charge is 0.510 e. The molecule has 7 heteroatoms. The maximum absolute atomic E-state index is 13.3. The fraction of sp³-hybridized carbons (Fsp3) is 0.500. The Morgan fingerprint density at radius 2 is 1.84 bits per heavy atom. The molecule has 1 rings (SSSR count). The minimum absolute atomic E-state index is 0.0283. The Bertz CT molecular complexity index is 659. The highest BCUT2D eigenvalue weighted by Gasteiger charge is 2.34. The fourth-order valence-corrected chi connectivity index (χ4v) is 2.20. The van der Waals surface area contributed by atoms with E-state index in [1.165, 1.54) is 12.1 Å². The van der Waals surface area contributed by atoms with E-state index in [0.717, 1.165) is 6.07 Å². The second-order valence-electron chi connectivity index (χ2n) is 6.68. The summed E-state index contributed by atoms with van der Waals surface area (Å²) in [6.45, 7) is 6.75. The first-order valence-corrected chi connectivity index (χ1v) is 7.95. The van der Waals surface area contributed by atoms with Crippen LogP contribution < -0.4 is 5.73 Å². The molecule has 0 unspecified atom stereocenters. The standard InChI is InChI=1S/C18H24F3NO3/c1-5-14(23)16(22)12-8-6-11(10-13(12)18(19,20)21)7-9-15(24)25-17(2,3)4/h6,8,10,23H,5,7,9,22H2,1-4H3/b16-14-. The predicted octanol–water partition coefficient (Wildman–Crippen LogP) is 4.58. The van der Waals surface area contributed by atoms with Crippen molar-refractivity contribution < 1.29 is 27.8 Å². The van der Waals surface area contributed by atoms with Crippen LogP contribution in [0, 0.1) is 0 Å². The first kappa shape index (κ1) is 20.9. The van der Waals surface area contributed by atoms with Gasteiger partial charge < -0.3 is 15.6 Å². The molecular weight excluding hydrogens is 335 g/mol. The summed E-state index contributed by atoms with van der Waals surface area (Å²) in [5.41, 5.74) is 3.83. The van der Waals surface area contributed by atoms with Crippen molar-refractivity contribution in [1.82, 2.24) is 0 Å². The topological polar surface area (TPSA) is 72.5 Å². The smallest absolute Gasteiger partial charge is 0.417 e. The van der Waals surface area contributed by atoms with Crippen molar-refractivity contribution in [1.29, 1.82) is 0 Å². The van der Waals surface area contributed by atoms with E-state index in [1.54, 1.807) is 27.7 Å². The number of esters is 1. The molecule has 1 aromatic carbocycles. The Hall–Kier alpha value is -2.18. The molecule has 0 radical (unpaired) electrons. The van der Waals surface area contributed by atoms with Crippen molar-refractivity contribution in [2.24, 2.45) is 5.73 Å². The molecule has 0 bridgehead atoms. The first-order chi connectivity index (χ1) is 11.3. The number of nitrogens with two attached hydrogens (primary N) is 1. The van der Waals surface area contributed by atoms with Crippen LogP contribution >= 0.6 is 0 Å². The van der Waals surface area contributed by atoms with Crippen LogP contribution in [0.5, 0.6) is 0 Å². The van der Waals surface area contributed by atoms with Crippen LogP contribution in [-0.4, -0.2) is 16.7 Å². The number of allylic oxidation sites excluding steroid dienone is 1. The summed E-state index contributed by atoms with van der Waals surface area (Å²) >= 11 is 0. The Morgan fingerprint density at radius 1 is 1.24 bits per heavy atom. The van der Waals surface area contributed by atoms with Crippen molar-refractivity contribution in [2.45, 2.75) is 58.7 Å². The number of carbonyl (C=O) groups is 1. The predicted molar refractivity (Wildman–Crippen MR) is 89.6 cm³/mol. The zero-order valence-corrected chi connectivity index (χ0v) is 14.8. The van der Waals surface area contributed by atoms with Gasteiger partial charge in [-0.3, -0.25) is 4.79 Å². The molecule has 0 heterocycles. The summed E-state index contributed by atoms with van der Waals surface area (Å²) in [5, 5.41) is 9.65. The van der Waals surface area contributed by atoms with Crippen molar-refractivity contribution >= 4 is 11.7 Å². The number of hydrogen-bond acceptors (Lipinski definition) is 4. The van der Waals surface area contributed by atoms with Crippen LogP contribution in [-0.2, 0) is 22.1 Å². The summed E-state index contributed by atoms with van der Waals surface area (Å²) < 4.78 is 45.1. The number of halogens is 3. The minimum atomic E-state index is -4.63. The summed E-state index contributed by atoms with van der Waals surface area (Å²) in [6.07, 6.45) is -4.42.